The summed E-state index contributed by atoms with van der Waals surface area (Å²) in [6.45, 7) is 3.60. The van der Waals surface area contributed by atoms with E-state index in [0.29, 0.717) is 13.1 Å². The van der Waals surface area contributed by atoms with E-state index in [4.69, 9.17) is 5.73 Å². The molecule has 1 unspecified atom stereocenters. The lowest BCUT2D eigenvalue weighted by Gasteiger charge is -2.24. The second-order valence-electron chi connectivity index (χ2n) is 5.33. The van der Waals surface area contributed by atoms with Gasteiger partial charge in [-0.25, -0.2) is 4.39 Å². The molecule has 19 heavy (non-hydrogen) atoms. The molecule has 1 aliphatic heterocycles. The second-order valence-corrected chi connectivity index (χ2v) is 5.33. The van der Waals surface area contributed by atoms with Gasteiger partial charge in [0.2, 0.25) is 5.91 Å². The van der Waals surface area contributed by atoms with E-state index in [9.17, 15) is 9.18 Å². The molecular formula is C14H20FN3O. The Morgan fingerprint density at radius 3 is 2.89 bits per heavy atom. The fourth-order valence-electron chi connectivity index (χ4n) is 2.60. The quantitative estimate of drug-likeness (QED) is 0.864. The molecule has 4 nitrogen and oxygen atoms in total. The summed E-state index contributed by atoms with van der Waals surface area (Å²) in [5, 5.41) is 2.69. The van der Waals surface area contributed by atoms with Gasteiger partial charge in [-0.05, 0) is 37.1 Å². The first-order valence-corrected chi connectivity index (χ1v) is 6.45. The highest BCUT2D eigenvalue weighted by Gasteiger charge is 2.39. The first-order chi connectivity index (χ1) is 8.98. The molecule has 3 N–H and O–H groups in total. The van der Waals surface area contributed by atoms with E-state index in [0.717, 1.165) is 24.2 Å². The third-order valence-corrected chi connectivity index (χ3v) is 3.79. The highest BCUT2D eigenvalue weighted by molar-refractivity contribution is 5.83. The number of hydrogen-bond donors (Lipinski definition) is 2. The van der Waals surface area contributed by atoms with Crippen LogP contribution in [0.1, 0.15) is 18.9 Å². The van der Waals surface area contributed by atoms with Gasteiger partial charge < -0.3 is 16.0 Å². The van der Waals surface area contributed by atoms with Gasteiger partial charge in [-0.15, -0.1) is 0 Å². The van der Waals surface area contributed by atoms with Crippen molar-refractivity contribution < 1.29 is 9.18 Å². The molecule has 1 amide bonds. The molecule has 2 rings (SSSR count). The molecule has 0 aliphatic carbocycles. The third kappa shape index (κ3) is 2.71. The number of rotatable bonds is 3. The number of nitrogens with zero attached hydrogens (tertiary/aromatic N) is 1. The molecule has 0 bridgehead atoms. The van der Waals surface area contributed by atoms with Gasteiger partial charge in [-0.3, -0.25) is 4.79 Å². The molecule has 0 aromatic heterocycles. The van der Waals surface area contributed by atoms with E-state index >= 15 is 0 Å². The van der Waals surface area contributed by atoms with E-state index < -0.39 is 5.41 Å². The Kier molecular flexibility index (Phi) is 3.75. The fourth-order valence-corrected chi connectivity index (χ4v) is 2.60. The summed E-state index contributed by atoms with van der Waals surface area (Å²) in [5.41, 5.74) is 6.71. The largest absolute Gasteiger partial charge is 0.370 e. The molecule has 1 aromatic carbocycles. The van der Waals surface area contributed by atoms with Crippen LogP contribution in [0, 0.1) is 11.2 Å². The average Bonchev–Trinajstić information content (AvgIpc) is 2.81. The number of anilines is 1. The molecule has 1 heterocycles. The minimum atomic E-state index is -0.413. The van der Waals surface area contributed by atoms with E-state index in [-0.39, 0.29) is 11.7 Å². The summed E-state index contributed by atoms with van der Waals surface area (Å²) in [5.74, 6) is -0.253. The number of nitrogens with two attached hydrogens (primary N) is 1. The molecule has 0 radical (unpaired) electrons. The van der Waals surface area contributed by atoms with Crippen LogP contribution in [0.15, 0.2) is 18.2 Å². The number of carbonyl (C=O) groups excluding carboxylic acids is 1. The van der Waals surface area contributed by atoms with Crippen LogP contribution in [-0.2, 0) is 11.3 Å². The van der Waals surface area contributed by atoms with Crippen LogP contribution < -0.4 is 16.0 Å². The molecule has 1 aromatic rings. The maximum Gasteiger partial charge on any atom is 0.227 e. The van der Waals surface area contributed by atoms with Gasteiger partial charge >= 0.3 is 0 Å². The van der Waals surface area contributed by atoms with Crippen molar-refractivity contribution >= 4 is 11.6 Å². The third-order valence-electron chi connectivity index (χ3n) is 3.79. The van der Waals surface area contributed by atoms with Gasteiger partial charge in [0, 0.05) is 32.4 Å². The van der Waals surface area contributed by atoms with Crippen LogP contribution in [-0.4, -0.2) is 26.0 Å². The van der Waals surface area contributed by atoms with Crippen molar-refractivity contribution in [2.45, 2.75) is 19.9 Å². The van der Waals surface area contributed by atoms with Crippen molar-refractivity contribution in [3.8, 4) is 0 Å². The van der Waals surface area contributed by atoms with Crippen LogP contribution in [0.3, 0.4) is 0 Å². The van der Waals surface area contributed by atoms with Crippen molar-refractivity contribution in [3.63, 3.8) is 0 Å². The number of hydrogen-bond acceptors (Lipinski definition) is 3. The SMILES string of the molecule is CNC(=O)C1(C)CCN(c2cc(F)cc(CN)c2)C1. The number of carbonyl (C=O) groups is 1. The summed E-state index contributed by atoms with van der Waals surface area (Å²) < 4.78 is 13.5. The first kappa shape index (κ1) is 13.8. The molecule has 1 aliphatic rings. The number of halogens is 1. The number of nitrogens with one attached hydrogen (secondary N) is 1. The van der Waals surface area contributed by atoms with Crippen molar-refractivity contribution in [1.29, 1.82) is 0 Å². The summed E-state index contributed by atoms with van der Waals surface area (Å²) in [7, 11) is 1.64. The highest BCUT2D eigenvalue weighted by atomic mass is 19.1. The number of amides is 1. The summed E-state index contributed by atoms with van der Waals surface area (Å²) in [4.78, 5) is 13.9. The Morgan fingerprint density at radius 2 is 2.26 bits per heavy atom. The zero-order chi connectivity index (χ0) is 14.0. The van der Waals surface area contributed by atoms with Crippen LogP contribution in [0.25, 0.3) is 0 Å². The monoisotopic (exact) mass is 265 g/mol. The zero-order valence-electron chi connectivity index (χ0n) is 11.4. The van der Waals surface area contributed by atoms with E-state index in [1.54, 1.807) is 7.05 Å². The molecule has 5 heteroatoms. The molecule has 1 saturated heterocycles. The van der Waals surface area contributed by atoms with Gasteiger partial charge in [0.15, 0.2) is 0 Å². The van der Waals surface area contributed by atoms with Crippen molar-refractivity contribution in [1.82, 2.24) is 5.32 Å². The molecule has 0 spiro atoms. The lowest BCUT2D eigenvalue weighted by Crippen LogP contribution is -2.39. The van der Waals surface area contributed by atoms with Crippen LogP contribution >= 0.6 is 0 Å². The minimum Gasteiger partial charge on any atom is -0.370 e. The Balaban J connectivity index is 2.21. The predicted molar refractivity (Wildman–Crippen MR) is 73.3 cm³/mol. The van der Waals surface area contributed by atoms with E-state index in [2.05, 4.69) is 5.32 Å². The van der Waals surface area contributed by atoms with Crippen LogP contribution in [0.4, 0.5) is 10.1 Å². The molecule has 0 saturated carbocycles. The molecule has 104 valence electrons. The van der Waals surface area contributed by atoms with E-state index in [1.807, 2.05) is 17.9 Å². The standard InChI is InChI=1S/C14H20FN3O/c1-14(13(19)17-2)3-4-18(9-14)12-6-10(8-16)5-11(15)7-12/h5-7H,3-4,8-9,16H2,1-2H3,(H,17,19). The van der Waals surface area contributed by atoms with Crippen molar-refractivity contribution in [2.24, 2.45) is 11.1 Å². The highest BCUT2D eigenvalue weighted by Crippen LogP contribution is 2.33. The minimum absolute atomic E-state index is 0.0328. The Labute approximate surface area is 112 Å². The topological polar surface area (TPSA) is 58.4 Å². The molecule has 1 fully saturated rings. The fraction of sp³-hybridized carbons (Fsp3) is 0.500. The first-order valence-electron chi connectivity index (χ1n) is 6.45. The summed E-state index contributed by atoms with van der Waals surface area (Å²) in [6.07, 6.45) is 0.765. The second kappa shape index (κ2) is 5.17. The zero-order valence-corrected chi connectivity index (χ0v) is 11.4. The predicted octanol–water partition coefficient (Wildman–Crippen LogP) is 1.25. The Hall–Kier alpha value is -1.62. The average molecular weight is 265 g/mol. The Bertz CT molecular complexity index is 492. The van der Waals surface area contributed by atoms with Gasteiger partial charge in [0.25, 0.3) is 0 Å². The maximum absolute atomic E-state index is 13.5. The van der Waals surface area contributed by atoms with Gasteiger partial charge in [0.1, 0.15) is 5.82 Å². The van der Waals surface area contributed by atoms with Crippen LogP contribution in [0.2, 0.25) is 0 Å². The smallest absolute Gasteiger partial charge is 0.227 e. The van der Waals surface area contributed by atoms with Gasteiger partial charge in [-0.2, -0.15) is 0 Å². The normalized spacial score (nSPS) is 22.6. The van der Waals surface area contributed by atoms with Gasteiger partial charge in [-0.1, -0.05) is 0 Å². The van der Waals surface area contributed by atoms with E-state index in [1.165, 1.54) is 12.1 Å². The lowest BCUT2D eigenvalue weighted by atomic mass is 9.89. The lowest BCUT2D eigenvalue weighted by molar-refractivity contribution is -0.128. The van der Waals surface area contributed by atoms with Crippen LogP contribution in [0.5, 0.6) is 0 Å². The molecule has 1 atom stereocenters. The van der Waals surface area contributed by atoms with Crippen molar-refractivity contribution in [3.05, 3.63) is 29.6 Å². The van der Waals surface area contributed by atoms with Crippen molar-refractivity contribution in [2.75, 3.05) is 25.0 Å². The maximum atomic E-state index is 13.5. The summed E-state index contributed by atoms with van der Waals surface area (Å²) in [6, 6.07) is 4.82. The Morgan fingerprint density at radius 1 is 1.53 bits per heavy atom. The number of benzene rings is 1. The summed E-state index contributed by atoms with van der Waals surface area (Å²) >= 11 is 0. The van der Waals surface area contributed by atoms with Gasteiger partial charge in [0.05, 0.1) is 5.41 Å². The molecular weight excluding hydrogens is 245 g/mol.